The lowest BCUT2D eigenvalue weighted by Crippen LogP contribution is -2.21. The van der Waals surface area contributed by atoms with Gasteiger partial charge in [0.1, 0.15) is 0 Å². The number of likely N-dealkylation sites (N-methyl/N-ethyl adjacent to an activating group) is 1. The van der Waals surface area contributed by atoms with Crippen LogP contribution in [0.25, 0.3) is 10.8 Å². The summed E-state index contributed by atoms with van der Waals surface area (Å²) >= 11 is 0. The maximum atomic E-state index is 9.10. The van der Waals surface area contributed by atoms with Gasteiger partial charge in [-0.2, -0.15) is 0 Å². The van der Waals surface area contributed by atoms with Gasteiger partial charge in [0.2, 0.25) is 0 Å². The number of aliphatic carboxylic acids is 2. The van der Waals surface area contributed by atoms with Crippen LogP contribution in [-0.4, -0.2) is 45.6 Å². The van der Waals surface area contributed by atoms with Crippen molar-refractivity contribution in [1.29, 1.82) is 0 Å². The van der Waals surface area contributed by atoms with E-state index in [4.69, 9.17) is 19.8 Å². The van der Waals surface area contributed by atoms with E-state index in [-0.39, 0.29) is 0 Å². The second kappa shape index (κ2) is 10.0. The number of carboxylic acids is 2. The van der Waals surface area contributed by atoms with Crippen LogP contribution in [0.5, 0.6) is 0 Å². The highest BCUT2D eigenvalue weighted by Crippen LogP contribution is 2.19. The molecule has 0 spiro atoms. The molecule has 2 N–H and O–H groups in total. The fraction of sp³-hybridized carbons (Fsp3) is 0.190. The standard InChI is InChI=1S/C19H20N2.C2H2O4/c1-21(14-12-18-10-4-5-13-20-18)15-17-9-6-8-16-7-2-3-11-19(16)17;3-1(4)2(5)6/h2-11,13H,12,14-15H2,1H3;(H,3,4)(H,5,6). The molecule has 1 aromatic heterocycles. The predicted molar refractivity (Wildman–Crippen MR) is 103 cm³/mol. The van der Waals surface area contributed by atoms with Gasteiger partial charge in [0.25, 0.3) is 0 Å². The van der Waals surface area contributed by atoms with Crippen molar-refractivity contribution in [1.82, 2.24) is 9.88 Å². The Bertz CT molecular complexity index is 880. The van der Waals surface area contributed by atoms with Crippen LogP contribution in [0.15, 0.2) is 66.9 Å². The smallest absolute Gasteiger partial charge is 0.414 e. The molecule has 3 rings (SSSR count). The van der Waals surface area contributed by atoms with Gasteiger partial charge in [-0.3, -0.25) is 4.98 Å². The minimum absolute atomic E-state index is 0.966. The van der Waals surface area contributed by atoms with Crippen molar-refractivity contribution in [2.24, 2.45) is 0 Å². The number of hydrogen-bond acceptors (Lipinski definition) is 4. The van der Waals surface area contributed by atoms with E-state index in [0.717, 1.165) is 25.2 Å². The van der Waals surface area contributed by atoms with E-state index in [9.17, 15) is 0 Å². The fourth-order valence-electron chi connectivity index (χ4n) is 2.65. The van der Waals surface area contributed by atoms with Crippen molar-refractivity contribution >= 4 is 22.7 Å². The number of benzene rings is 2. The third kappa shape index (κ3) is 6.52. The van der Waals surface area contributed by atoms with E-state index in [1.54, 1.807) is 0 Å². The van der Waals surface area contributed by atoms with Crippen molar-refractivity contribution in [3.05, 3.63) is 78.1 Å². The third-order valence-electron chi connectivity index (χ3n) is 3.98. The van der Waals surface area contributed by atoms with Gasteiger partial charge in [0.15, 0.2) is 0 Å². The molecular weight excluding hydrogens is 344 g/mol. The van der Waals surface area contributed by atoms with Crippen molar-refractivity contribution in [3.63, 3.8) is 0 Å². The Kier molecular flexibility index (Phi) is 7.46. The van der Waals surface area contributed by atoms with Crippen LogP contribution in [-0.2, 0) is 22.6 Å². The number of nitrogens with zero attached hydrogens (tertiary/aromatic N) is 2. The Morgan fingerprint density at radius 1 is 0.926 bits per heavy atom. The molecule has 6 nitrogen and oxygen atoms in total. The maximum Gasteiger partial charge on any atom is 0.414 e. The topological polar surface area (TPSA) is 90.7 Å². The first-order valence-corrected chi connectivity index (χ1v) is 8.48. The molecule has 27 heavy (non-hydrogen) atoms. The molecule has 0 aliphatic heterocycles. The zero-order valence-corrected chi connectivity index (χ0v) is 15.1. The van der Waals surface area contributed by atoms with E-state index < -0.39 is 11.9 Å². The summed E-state index contributed by atoms with van der Waals surface area (Å²) in [4.78, 5) is 24.9. The summed E-state index contributed by atoms with van der Waals surface area (Å²) in [6.07, 6.45) is 2.85. The lowest BCUT2D eigenvalue weighted by Gasteiger charge is -2.17. The molecule has 1 heterocycles. The highest BCUT2D eigenvalue weighted by Gasteiger charge is 2.05. The third-order valence-corrected chi connectivity index (χ3v) is 3.98. The van der Waals surface area contributed by atoms with Gasteiger partial charge in [-0.1, -0.05) is 48.5 Å². The number of carbonyl (C=O) groups is 2. The first-order valence-electron chi connectivity index (χ1n) is 8.48. The van der Waals surface area contributed by atoms with Crippen LogP contribution in [0.1, 0.15) is 11.3 Å². The minimum Gasteiger partial charge on any atom is -0.473 e. The molecule has 0 aliphatic rings. The maximum absolute atomic E-state index is 9.10. The molecule has 3 aromatic rings. The lowest BCUT2D eigenvalue weighted by molar-refractivity contribution is -0.159. The SMILES string of the molecule is CN(CCc1ccccn1)Cc1cccc2ccccc12.O=C(O)C(=O)O. The number of hydrogen-bond donors (Lipinski definition) is 2. The van der Waals surface area contributed by atoms with Gasteiger partial charge in [0, 0.05) is 31.4 Å². The largest absolute Gasteiger partial charge is 0.473 e. The van der Waals surface area contributed by atoms with Crippen molar-refractivity contribution < 1.29 is 19.8 Å². The molecule has 6 heteroatoms. The predicted octanol–water partition coefficient (Wildman–Crippen LogP) is 3.06. The summed E-state index contributed by atoms with van der Waals surface area (Å²) in [7, 11) is 2.17. The molecule has 0 radical (unpaired) electrons. The van der Waals surface area contributed by atoms with Crippen molar-refractivity contribution in [2.75, 3.05) is 13.6 Å². The molecule has 0 aliphatic carbocycles. The van der Waals surface area contributed by atoms with E-state index in [0.29, 0.717) is 0 Å². The average Bonchev–Trinajstić information content (AvgIpc) is 2.68. The molecule has 0 fully saturated rings. The van der Waals surface area contributed by atoms with Crippen LogP contribution in [0, 0.1) is 0 Å². The van der Waals surface area contributed by atoms with E-state index in [2.05, 4.69) is 65.5 Å². The average molecular weight is 366 g/mol. The molecule has 0 atom stereocenters. The number of aromatic nitrogens is 1. The van der Waals surface area contributed by atoms with Gasteiger partial charge in [-0.05, 0) is 35.5 Å². The quantitative estimate of drug-likeness (QED) is 0.675. The van der Waals surface area contributed by atoms with Gasteiger partial charge in [-0.25, -0.2) is 9.59 Å². The summed E-state index contributed by atoms with van der Waals surface area (Å²) in [5.74, 6) is -3.65. The zero-order chi connectivity index (χ0) is 19.6. The van der Waals surface area contributed by atoms with Crippen molar-refractivity contribution in [3.8, 4) is 0 Å². The van der Waals surface area contributed by atoms with E-state index >= 15 is 0 Å². The Morgan fingerprint density at radius 3 is 2.26 bits per heavy atom. The van der Waals surface area contributed by atoms with E-state index in [1.165, 1.54) is 16.3 Å². The second-order valence-electron chi connectivity index (χ2n) is 6.06. The summed E-state index contributed by atoms with van der Waals surface area (Å²) < 4.78 is 0. The monoisotopic (exact) mass is 366 g/mol. The Hall–Kier alpha value is -3.25. The van der Waals surface area contributed by atoms with Crippen LogP contribution in [0.4, 0.5) is 0 Å². The van der Waals surface area contributed by atoms with Gasteiger partial charge < -0.3 is 15.1 Å². The molecular formula is C21H22N2O4. The Balaban J connectivity index is 0.000000380. The van der Waals surface area contributed by atoms with Gasteiger partial charge >= 0.3 is 11.9 Å². The number of carboxylic acid groups (broad SMARTS) is 2. The highest BCUT2D eigenvalue weighted by atomic mass is 16.4. The number of fused-ring (bicyclic) bond motifs is 1. The van der Waals surface area contributed by atoms with Crippen molar-refractivity contribution in [2.45, 2.75) is 13.0 Å². The normalized spacial score (nSPS) is 10.3. The summed E-state index contributed by atoms with van der Waals surface area (Å²) in [5.41, 5.74) is 2.54. The minimum atomic E-state index is -1.82. The first-order chi connectivity index (χ1) is 13.0. The number of pyridine rings is 1. The molecule has 0 bridgehead atoms. The molecule has 0 unspecified atom stereocenters. The Labute approximate surface area is 157 Å². The summed E-state index contributed by atoms with van der Waals surface area (Å²) in [6, 6.07) is 21.2. The van der Waals surface area contributed by atoms with Crippen LogP contribution in [0.2, 0.25) is 0 Å². The highest BCUT2D eigenvalue weighted by molar-refractivity contribution is 6.27. The summed E-state index contributed by atoms with van der Waals surface area (Å²) in [6.45, 7) is 1.98. The van der Waals surface area contributed by atoms with Crippen LogP contribution < -0.4 is 0 Å². The fourth-order valence-corrected chi connectivity index (χ4v) is 2.65. The molecule has 0 amide bonds. The lowest BCUT2D eigenvalue weighted by atomic mass is 10.0. The zero-order valence-electron chi connectivity index (χ0n) is 15.1. The molecule has 0 saturated heterocycles. The molecule has 140 valence electrons. The van der Waals surface area contributed by atoms with Gasteiger partial charge in [0.05, 0.1) is 0 Å². The first kappa shape index (κ1) is 20.1. The molecule has 2 aromatic carbocycles. The second-order valence-corrected chi connectivity index (χ2v) is 6.06. The van der Waals surface area contributed by atoms with Gasteiger partial charge in [-0.15, -0.1) is 0 Å². The Morgan fingerprint density at radius 2 is 1.59 bits per heavy atom. The number of rotatable bonds is 5. The van der Waals surface area contributed by atoms with Crippen LogP contribution >= 0.6 is 0 Å². The van der Waals surface area contributed by atoms with E-state index in [1.807, 2.05) is 18.3 Å². The summed E-state index contributed by atoms with van der Waals surface area (Å²) in [5, 5.41) is 17.4. The van der Waals surface area contributed by atoms with Crippen LogP contribution in [0.3, 0.4) is 0 Å². The molecule has 0 saturated carbocycles.